The molecule has 0 radical (unpaired) electrons. The average molecular weight is 488 g/mol. The summed E-state index contributed by atoms with van der Waals surface area (Å²) in [5.74, 6) is 0.414. The van der Waals surface area contributed by atoms with E-state index in [4.69, 9.17) is 9.47 Å². The zero-order chi connectivity index (χ0) is 24.0. The number of nitrogens with zero attached hydrogens (tertiary/aromatic N) is 2. The molecule has 34 heavy (non-hydrogen) atoms. The Kier molecular flexibility index (Phi) is 8.20. The Morgan fingerprint density at radius 3 is 2.29 bits per heavy atom. The SMILES string of the molecule is COc1ccc(S(=O)(=O)N2CCC(C(=O)NCc3ccccc3CN3CCOCC3)CC2)cc1. The first-order valence-electron chi connectivity index (χ1n) is 11.8. The first-order chi connectivity index (χ1) is 16.5. The number of rotatable bonds is 8. The van der Waals surface area contributed by atoms with E-state index in [9.17, 15) is 13.2 Å². The van der Waals surface area contributed by atoms with Crippen molar-refractivity contribution >= 4 is 15.9 Å². The van der Waals surface area contributed by atoms with Crippen LogP contribution in [-0.2, 0) is 32.6 Å². The maximum Gasteiger partial charge on any atom is 0.243 e. The van der Waals surface area contributed by atoms with Crippen LogP contribution in [0.1, 0.15) is 24.0 Å². The third-order valence-electron chi connectivity index (χ3n) is 6.59. The number of carbonyl (C=O) groups excluding carboxylic acids is 1. The molecule has 2 aromatic rings. The number of piperidine rings is 1. The minimum Gasteiger partial charge on any atom is -0.497 e. The number of hydrogen-bond donors (Lipinski definition) is 1. The summed E-state index contributed by atoms with van der Waals surface area (Å²) in [6.45, 7) is 5.33. The van der Waals surface area contributed by atoms with E-state index in [1.165, 1.54) is 9.87 Å². The average Bonchev–Trinajstić information content (AvgIpc) is 2.88. The normalized spacial score (nSPS) is 18.5. The van der Waals surface area contributed by atoms with Crippen molar-refractivity contribution in [3.05, 3.63) is 59.7 Å². The van der Waals surface area contributed by atoms with E-state index < -0.39 is 10.0 Å². The molecule has 8 nitrogen and oxygen atoms in total. The Hall–Kier alpha value is -2.46. The Bertz CT molecular complexity index is 1060. The Balaban J connectivity index is 1.29. The van der Waals surface area contributed by atoms with E-state index in [0.29, 0.717) is 38.2 Å². The van der Waals surface area contributed by atoms with E-state index in [1.807, 2.05) is 12.1 Å². The summed E-state index contributed by atoms with van der Waals surface area (Å²) in [5, 5.41) is 3.08. The molecular formula is C25H33N3O5S. The van der Waals surface area contributed by atoms with Crippen LogP contribution in [-0.4, -0.2) is 70.0 Å². The van der Waals surface area contributed by atoms with Gasteiger partial charge in [0.15, 0.2) is 0 Å². The van der Waals surface area contributed by atoms with Crippen LogP contribution in [0, 0.1) is 5.92 Å². The number of morpholine rings is 1. The van der Waals surface area contributed by atoms with Crippen molar-refractivity contribution in [2.75, 3.05) is 46.5 Å². The first-order valence-corrected chi connectivity index (χ1v) is 13.2. The van der Waals surface area contributed by atoms with Gasteiger partial charge >= 0.3 is 0 Å². The molecule has 4 rings (SSSR count). The molecule has 2 aliphatic rings. The Labute approximate surface area is 201 Å². The van der Waals surface area contributed by atoms with Crippen LogP contribution in [0.15, 0.2) is 53.4 Å². The van der Waals surface area contributed by atoms with E-state index >= 15 is 0 Å². The number of hydrogen-bond acceptors (Lipinski definition) is 6. The van der Waals surface area contributed by atoms with Crippen molar-refractivity contribution < 1.29 is 22.7 Å². The third kappa shape index (κ3) is 5.96. The summed E-state index contributed by atoms with van der Waals surface area (Å²) in [5.41, 5.74) is 2.33. The van der Waals surface area contributed by atoms with Crippen LogP contribution in [0.25, 0.3) is 0 Å². The van der Waals surface area contributed by atoms with Gasteiger partial charge < -0.3 is 14.8 Å². The lowest BCUT2D eigenvalue weighted by atomic mass is 9.97. The molecule has 2 aliphatic heterocycles. The van der Waals surface area contributed by atoms with E-state index in [2.05, 4.69) is 22.3 Å². The van der Waals surface area contributed by atoms with E-state index in [1.54, 1.807) is 31.4 Å². The predicted octanol–water partition coefficient (Wildman–Crippen LogP) is 2.24. The summed E-state index contributed by atoms with van der Waals surface area (Å²) in [4.78, 5) is 15.5. The second kappa shape index (κ2) is 11.3. The van der Waals surface area contributed by atoms with Gasteiger partial charge in [0.1, 0.15) is 5.75 Å². The van der Waals surface area contributed by atoms with Crippen LogP contribution in [0.5, 0.6) is 5.75 Å². The molecule has 1 N–H and O–H groups in total. The molecule has 0 saturated carbocycles. The highest BCUT2D eigenvalue weighted by atomic mass is 32.2. The van der Waals surface area contributed by atoms with Crippen molar-refractivity contribution in [2.45, 2.75) is 30.8 Å². The second-order valence-electron chi connectivity index (χ2n) is 8.73. The van der Waals surface area contributed by atoms with Crippen LogP contribution in [0.2, 0.25) is 0 Å². The molecule has 0 atom stereocenters. The fourth-order valence-electron chi connectivity index (χ4n) is 4.47. The van der Waals surface area contributed by atoms with Gasteiger partial charge in [-0.2, -0.15) is 4.31 Å². The van der Waals surface area contributed by atoms with Crippen molar-refractivity contribution in [1.82, 2.24) is 14.5 Å². The maximum atomic E-state index is 12.9. The quantitative estimate of drug-likeness (QED) is 0.615. The fraction of sp³-hybridized carbons (Fsp3) is 0.480. The van der Waals surface area contributed by atoms with Gasteiger partial charge in [-0.1, -0.05) is 24.3 Å². The van der Waals surface area contributed by atoms with Crippen molar-refractivity contribution in [3.8, 4) is 5.75 Å². The molecule has 2 heterocycles. The standard InChI is InChI=1S/C25H33N3O5S/c1-32-23-6-8-24(9-7-23)34(30,31)28-12-10-20(11-13-28)25(29)26-18-21-4-2-3-5-22(21)19-27-14-16-33-17-15-27/h2-9,20H,10-19H2,1H3,(H,26,29). The molecule has 9 heteroatoms. The van der Waals surface area contributed by atoms with Gasteiger partial charge in [-0.15, -0.1) is 0 Å². The molecule has 1 amide bonds. The lowest BCUT2D eigenvalue weighted by Gasteiger charge is -2.30. The largest absolute Gasteiger partial charge is 0.497 e. The van der Waals surface area contributed by atoms with Crippen LogP contribution >= 0.6 is 0 Å². The molecule has 184 valence electrons. The summed E-state index contributed by atoms with van der Waals surface area (Å²) < 4.78 is 37.9. The van der Waals surface area contributed by atoms with Gasteiger partial charge in [0.25, 0.3) is 0 Å². The van der Waals surface area contributed by atoms with Crippen molar-refractivity contribution in [3.63, 3.8) is 0 Å². The number of methoxy groups -OCH3 is 1. The molecule has 0 aliphatic carbocycles. The highest BCUT2D eigenvalue weighted by Gasteiger charge is 2.32. The summed E-state index contributed by atoms with van der Waals surface area (Å²) >= 11 is 0. The summed E-state index contributed by atoms with van der Waals surface area (Å²) in [6.07, 6.45) is 1.02. The number of ether oxygens (including phenoxy) is 2. The van der Waals surface area contributed by atoms with Crippen molar-refractivity contribution in [1.29, 1.82) is 0 Å². The maximum absolute atomic E-state index is 12.9. The molecular weight excluding hydrogens is 454 g/mol. The van der Waals surface area contributed by atoms with E-state index in [0.717, 1.165) is 38.4 Å². The zero-order valence-corrected chi connectivity index (χ0v) is 20.4. The highest BCUT2D eigenvalue weighted by Crippen LogP contribution is 2.25. The van der Waals surface area contributed by atoms with E-state index in [-0.39, 0.29) is 16.7 Å². The molecule has 2 aromatic carbocycles. The molecule has 2 saturated heterocycles. The second-order valence-corrected chi connectivity index (χ2v) is 10.7. The fourth-order valence-corrected chi connectivity index (χ4v) is 5.94. The lowest BCUT2D eigenvalue weighted by molar-refractivity contribution is -0.126. The Morgan fingerprint density at radius 2 is 1.65 bits per heavy atom. The minimum absolute atomic E-state index is 0.0114. The van der Waals surface area contributed by atoms with Gasteiger partial charge in [0, 0.05) is 45.2 Å². The van der Waals surface area contributed by atoms with Gasteiger partial charge in [-0.25, -0.2) is 8.42 Å². The molecule has 0 bridgehead atoms. The number of benzene rings is 2. The zero-order valence-electron chi connectivity index (χ0n) is 19.6. The first kappa shape index (κ1) is 24.7. The minimum atomic E-state index is -3.58. The Morgan fingerprint density at radius 1 is 1.00 bits per heavy atom. The van der Waals surface area contributed by atoms with Gasteiger partial charge in [-0.3, -0.25) is 9.69 Å². The number of carbonyl (C=O) groups is 1. The smallest absolute Gasteiger partial charge is 0.243 e. The number of nitrogens with one attached hydrogen (secondary N) is 1. The third-order valence-corrected chi connectivity index (χ3v) is 8.50. The molecule has 0 unspecified atom stereocenters. The summed E-state index contributed by atoms with van der Waals surface area (Å²) in [7, 11) is -2.03. The van der Waals surface area contributed by atoms with Crippen LogP contribution < -0.4 is 10.1 Å². The highest BCUT2D eigenvalue weighted by molar-refractivity contribution is 7.89. The van der Waals surface area contributed by atoms with Crippen molar-refractivity contribution in [2.24, 2.45) is 5.92 Å². The lowest BCUT2D eigenvalue weighted by Crippen LogP contribution is -2.43. The number of amides is 1. The van der Waals surface area contributed by atoms with Crippen LogP contribution in [0.3, 0.4) is 0 Å². The van der Waals surface area contributed by atoms with Gasteiger partial charge in [0.05, 0.1) is 25.2 Å². The van der Waals surface area contributed by atoms with Gasteiger partial charge in [0.2, 0.25) is 15.9 Å². The number of sulfonamides is 1. The molecule has 0 aromatic heterocycles. The molecule has 0 spiro atoms. The topological polar surface area (TPSA) is 88.2 Å². The molecule has 2 fully saturated rings. The predicted molar refractivity (Wildman–Crippen MR) is 129 cm³/mol. The monoisotopic (exact) mass is 487 g/mol. The van der Waals surface area contributed by atoms with Gasteiger partial charge in [-0.05, 0) is 48.2 Å². The summed E-state index contributed by atoms with van der Waals surface area (Å²) in [6, 6.07) is 14.6. The van der Waals surface area contributed by atoms with Crippen LogP contribution in [0.4, 0.5) is 0 Å².